The number of carbonyl (C=O) groups is 4. The fourth-order valence-corrected chi connectivity index (χ4v) is 7.21. The molecule has 0 bridgehead atoms. The molecule has 0 N–H and O–H groups in total. The third-order valence-electron chi connectivity index (χ3n) is 8.47. The Kier molecular flexibility index (Phi) is 5.19. The number of carbonyl (C=O) groups excluding carboxylic acids is 4. The van der Waals surface area contributed by atoms with Gasteiger partial charge in [-0.15, -0.1) is 11.6 Å². The predicted octanol–water partition coefficient (Wildman–Crippen LogP) is 3.11. The summed E-state index contributed by atoms with van der Waals surface area (Å²) >= 11 is 6.28. The molecule has 5 fully saturated rings. The maximum absolute atomic E-state index is 13.1. The van der Waals surface area contributed by atoms with E-state index in [1.807, 2.05) is 0 Å². The fraction of sp³-hybridized carbons (Fsp3) is 0.826. The lowest BCUT2D eigenvalue weighted by Gasteiger charge is -2.37. The molecule has 3 saturated carbocycles. The lowest BCUT2D eigenvalue weighted by molar-refractivity contribution is -0.145. The van der Waals surface area contributed by atoms with Crippen LogP contribution >= 0.6 is 11.6 Å². The largest absolute Gasteiger partial charge is 0.279 e. The summed E-state index contributed by atoms with van der Waals surface area (Å²) in [7, 11) is 0. The standard InChI is InChI=1S/C23H31ClN2O4/c1-12-5-7-16-18(9-12)22(29)25(20(16)27)14-3-2-4-15(11-14)26-21(28)17-8-6-13(24)10-19(17)23(26)30/h12-19H,2-11H2,1H3. The van der Waals surface area contributed by atoms with Gasteiger partial charge in [0.05, 0.1) is 23.7 Å². The van der Waals surface area contributed by atoms with Gasteiger partial charge >= 0.3 is 0 Å². The molecule has 2 aliphatic heterocycles. The molecular formula is C23H31ClN2O4. The Labute approximate surface area is 182 Å². The molecule has 0 aromatic carbocycles. The summed E-state index contributed by atoms with van der Waals surface area (Å²) in [6.07, 6.45) is 7.53. The molecule has 30 heavy (non-hydrogen) atoms. The van der Waals surface area contributed by atoms with Crippen molar-refractivity contribution in [2.45, 2.75) is 88.6 Å². The second-order valence-corrected chi connectivity index (χ2v) is 10.9. The van der Waals surface area contributed by atoms with E-state index < -0.39 is 0 Å². The summed E-state index contributed by atoms with van der Waals surface area (Å²) in [6.45, 7) is 2.16. The number of fused-ring (bicyclic) bond motifs is 2. The lowest BCUT2D eigenvalue weighted by atomic mass is 9.76. The van der Waals surface area contributed by atoms with Crippen LogP contribution in [-0.4, -0.2) is 50.9 Å². The first kappa shape index (κ1) is 20.5. The van der Waals surface area contributed by atoms with Crippen molar-refractivity contribution in [1.82, 2.24) is 9.80 Å². The van der Waals surface area contributed by atoms with Gasteiger partial charge in [0.2, 0.25) is 23.6 Å². The summed E-state index contributed by atoms with van der Waals surface area (Å²) in [6, 6.07) is -0.390. The van der Waals surface area contributed by atoms with Crippen LogP contribution < -0.4 is 0 Å². The highest BCUT2D eigenvalue weighted by Gasteiger charge is 2.55. The summed E-state index contributed by atoms with van der Waals surface area (Å²) in [4.78, 5) is 55.4. The molecule has 3 aliphatic carbocycles. The first-order valence-corrected chi connectivity index (χ1v) is 12.2. The minimum atomic E-state index is -0.284. The molecule has 8 atom stereocenters. The monoisotopic (exact) mass is 434 g/mol. The number of imide groups is 2. The quantitative estimate of drug-likeness (QED) is 0.494. The van der Waals surface area contributed by atoms with E-state index in [1.165, 1.54) is 9.80 Å². The minimum Gasteiger partial charge on any atom is -0.279 e. The molecule has 6 nitrogen and oxygen atoms in total. The summed E-state index contributed by atoms with van der Waals surface area (Å²) in [5.41, 5.74) is 0. The average Bonchev–Trinajstić information content (AvgIpc) is 3.12. The summed E-state index contributed by atoms with van der Waals surface area (Å²) < 4.78 is 0. The molecule has 5 rings (SSSR count). The van der Waals surface area contributed by atoms with Crippen molar-refractivity contribution >= 4 is 35.2 Å². The van der Waals surface area contributed by atoms with E-state index >= 15 is 0 Å². The number of likely N-dealkylation sites (tertiary alicyclic amines) is 2. The van der Waals surface area contributed by atoms with E-state index in [-0.39, 0.29) is 64.8 Å². The molecular weight excluding hydrogens is 404 g/mol. The van der Waals surface area contributed by atoms with E-state index in [4.69, 9.17) is 11.6 Å². The van der Waals surface area contributed by atoms with Crippen LogP contribution in [0.3, 0.4) is 0 Å². The van der Waals surface area contributed by atoms with E-state index in [1.54, 1.807) is 0 Å². The van der Waals surface area contributed by atoms with Gasteiger partial charge in [-0.25, -0.2) is 0 Å². The zero-order valence-corrected chi connectivity index (χ0v) is 18.4. The topological polar surface area (TPSA) is 74.8 Å². The molecule has 0 radical (unpaired) electrons. The highest BCUT2D eigenvalue weighted by atomic mass is 35.5. The minimum absolute atomic E-state index is 0.0136. The van der Waals surface area contributed by atoms with Crippen molar-refractivity contribution in [2.75, 3.05) is 0 Å². The SMILES string of the molecule is CC1CCC2C(=O)N(C3CCCC(N4C(=O)C5CCC(Cl)CC5C4=O)C3)C(=O)C2C1. The smallest absolute Gasteiger partial charge is 0.233 e. The van der Waals surface area contributed by atoms with Crippen LogP contribution in [0.25, 0.3) is 0 Å². The Hall–Kier alpha value is -1.43. The maximum atomic E-state index is 13.1. The van der Waals surface area contributed by atoms with Crippen molar-refractivity contribution in [3.8, 4) is 0 Å². The molecule has 2 heterocycles. The van der Waals surface area contributed by atoms with Gasteiger partial charge < -0.3 is 0 Å². The number of amides is 4. The Morgan fingerprint density at radius 2 is 1.13 bits per heavy atom. The van der Waals surface area contributed by atoms with Crippen molar-refractivity contribution in [1.29, 1.82) is 0 Å². The number of halogens is 1. The van der Waals surface area contributed by atoms with Gasteiger partial charge in [0, 0.05) is 17.5 Å². The Morgan fingerprint density at radius 3 is 1.73 bits per heavy atom. The first-order chi connectivity index (χ1) is 14.4. The Balaban J connectivity index is 1.33. The van der Waals surface area contributed by atoms with E-state index in [0.717, 1.165) is 44.9 Å². The van der Waals surface area contributed by atoms with E-state index in [0.29, 0.717) is 25.2 Å². The van der Waals surface area contributed by atoms with Crippen molar-refractivity contribution in [3.63, 3.8) is 0 Å². The number of alkyl halides is 1. The number of nitrogens with zero attached hydrogens (tertiary/aromatic N) is 2. The van der Waals surface area contributed by atoms with Gasteiger partial charge in [0.1, 0.15) is 0 Å². The molecule has 7 heteroatoms. The molecule has 164 valence electrons. The van der Waals surface area contributed by atoms with Crippen molar-refractivity contribution in [2.24, 2.45) is 29.6 Å². The first-order valence-electron chi connectivity index (χ1n) is 11.7. The molecule has 0 aromatic rings. The molecule has 0 aromatic heterocycles. The highest BCUT2D eigenvalue weighted by Crippen LogP contribution is 2.45. The van der Waals surface area contributed by atoms with Gasteiger partial charge in [-0.05, 0) is 70.1 Å². The Bertz CT molecular complexity index is 723. The maximum Gasteiger partial charge on any atom is 0.233 e. The van der Waals surface area contributed by atoms with Gasteiger partial charge in [0.25, 0.3) is 0 Å². The van der Waals surface area contributed by atoms with Crippen LogP contribution in [0.1, 0.15) is 71.1 Å². The number of rotatable bonds is 2. The second-order valence-electron chi connectivity index (χ2n) is 10.3. The summed E-state index contributed by atoms with van der Waals surface area (Å²) in [5, 5.41) is -0.0346. The van der Waals surface area contributed by atoms with Gasteiger partial charge in [-0.2, -0.15) is 0 Å². The van der Waals surface area contributed by atoms with Gasteiger partial charge in [0.15, 0.2) is 0 Å². The molecule has 2 saturated heterocycles. The zero-order valence-electron chi connectivity index (χ0n) is 17.6. The Morgan fingerprint density at radius 1 is 0.633 bits per heavy atom. The molecule has 0 spiro atoms. The average molecular weight is 435 g/mol. The lowest BCUT2D eigenvalue weighted by Crippen LogP contribution is -2.50. The second kappa shape index (κ2) is 7.61. The van der Waals surface area contributed by atoms with Gasteiger partial charge in [-0.3, -0.25) is 29.0 Å². The van der Waals surface area contributed by atoms with Crippen molar-refractivity contribution in [3.05, 3.63) is 0 Å². The van der Waals surface area contributed by atoms with E-state index in [2.05, 4.69) is 6.92 Å². The van der Waals surface area contributed by atoms with Crippen molar-refractivity contribution < 1.29 is 19.2 Å². The van der Waals surface area contributed by atoms with Crippen LogP contribution in [0.5, 0.6) is 0 Å². The normalized spacial score (nSPS) is 44.5. The zero-order chi connectivity index (χ0) is 21.2. The molecule has 4 amide bonds. The fourth-order valence-electron chi connectivity index (χ4n) is 6.90. The van der Waals surface area contributed by atoms with Crippen LogP contribution in [0.2, 0.25) is 0 Å². The van der Waals surface area contributed by atoms with E-state index in [9.17, 15) is 19.2 Å². The van der Waals surface area contributed by atoms with Crippen LogP contribution in [-0.2, 0) is 19.2 Å². The number of hydrogen-bond acceptors (Lipinski definition) is 4. The number of hydrogen-bond donors (Lipinski definition) is 0. The molecule has 8 unspecified atom stereocenters. The van der Waals surface area contributed by atoms with Gasteiger partial charge in [-0.1, -0.05) is 6.92 Å². The summed E-state index contributed by atoms with van der Waals surface area (Å²) in [5.74, 6) is -0.520. The van der Waals surface area contributed by atoms with Crippen LogP contribution in [0, 0.1) is 29.6 Å². The third kappa shape index (κ3) is 3.12. The predicted molar refractivity (Wildman–Crippen MR) is 110 cm³/mol. The van der Waals surface area contributed by atoms with Crippen LogP contribution in [0.4, 0.5) is 0 Å². The highest BCUT2D eigenvalue weighted by molar-refractivity contribution is 6.21. The van der Waals surface area contributed by atoms with Crippen LogP contribution in [0.15, 0.2) is 0 Å². The third-order valence-corrected chi connectivity index (χ3v) is 8.86. The molecule has 5 aliphatic rings.